The fourth-order valence-electron chi connectivity index (χ4n) is 2.52. The van der Waals surface area contributed by atoms with Gasteiger partial charge in [0.25, 0.3) is 0 Å². The standard InChI is InChI=1S/C16H27N3O/c1-14(15-4-6-16(20-3)7-5-15)17-8-9-19-12-10-18(2)11-13-19/h4-7,14,17H,8-13H2,1-3H3. The maximum absolute atomic E-state index is 5.19. The zero-order chi connectivity index (χ0) is 14.4. The Kier molecular flexibility index (Phi) is 5.83. The van der Waals surface area contributed by atoms with Crippen molar-refractivity contribution in [1.82, 2.24) is 15.1 Å². The Labute approximate surface area is 122 Å². The number of methoxy groups -OCH3 is 1. The van der Waals surface area contributed by atoms with E-state index in [1.165, 1.54) is 31.7 Å². The summed E-state index contributed by atoms with van der Waals surface area (Å²) in [6.07, 6.45) is 0. The average Bonchev–Trinajstić information content (AvgIpc) is 2.49. The molecular formula is C16H27N3O. The van der Waals surface area contributed by atoms with Crippen LogP contribution in [0.4, 0.5) is 0 Å². The minimum absolute atomic E-state index is 0.383. The maximum Gasteiger partial charge on any atom is 0.118 e. The van der Waals surface area contributed by atoms with Crippen LogP contribution in [0, 0.1) is 0 Å². The molecule has 1 fully saturated rings. The summed E-state index contributed by atoms with van der Waals surface area (Å²) in [6, 6.07) is 8.69. The van der Waals surface area contributed by atoms with Gasteiger partial charge in [-0.1, -0.05) is 12.1 Å². The molecule has 2 rings (SSSR count). The largest absolute Gasteiger partial charge is 0.497 e. The SMILES string of the molecule is COc1ccc(C(C)NCCN2CCN(C)CC2)cc1. The Morgan fingerprint density at radius 1 is 1.15 bits per heavy atom. The molecule has 20 heavy (non-hydrogen) atoms. The number of nitrogens with one attached hydrogen (secondary N) is 1. The summed E-state index contributed by atoms with van der Waals surface area (Å²) in [7, 11) is 3.90. The van der Waals surface area contributed by atoms with Crippen molar-refractivity contribution in [3.05, 3.63) is 29.8 Å². The number of benzene rings is 1. The summed E-state index contributed by atoms with van der Waals surface area (Å²) in [6.45, 7) is 9.14. The van der Waals surface area contributed by atoms with E-state index in [4.69, 9.17) is 4.74 Å². The van der Waals surface area contributed by atoms with Gasteiger partial charge in [-0.25, -0.2) is 0 Å². The summed E-state index contributed by atoms with van der Waals surface area (Å²) in [5, 5.41) is 3.60. The molecule has 0 radical (unpaired) electrons. The highest BCUT2D eigenvalue weighted by Gasteiger charge is 2.13. The molecule has 0 bridgehead atoms. The normalized spacial score (nSPS) is 18.9. The van der Waals surface area contributed by atoms with Crippen molar-refractivity contribution < 1.29 is 4.74 Å². The van der Waals surface area contributed by atoms with Gasteiger partial charge in [-0.15, -0.1) is 0 Å². The highest BCUT2D eigenvalue weighted by molar-refractivity contribution is 5.28. The molecule has 0 amide bonds. The molecule has 1 atom stereocenters. The first-order chi connectivity index (χ1) is 9.69. The third-order valence-corrected chi connectivity index (χ3v) is 4.09. The molecule has 112 valence electrons. The molecule has 4 nitrogen and oxygen atoms in total. The van der Waals surface area contributed by atoms with Gasteiger partial charge in [0.05, 0.1) is 7.11 Å². The summed E-state index contributed by atoms with van der Waals surface area (Å²) in [5.74, 6) is 0.915. The van der Waals surface area contributed by atoms with Crippen molar-refractivity contribution in [3.8, 4) is 5.75 Å². The molecule has 1 saturated heterocycles. The third kappa shape index (κ3) is 4.47. The molecule has 0 aliphatic carbocycles. The van der Waals surface area contributed by atoms with Crippen molar-refractivity contribution in [2.24, 2.45) is 0 Å². The maximum atomic E-state index is 5.19. The first kappa shape index (κ1) is 15.3. The van der Waals surface area contributed by atoms with Crippen LogP contribution >= 0.6 is 0 Å². The second-order valence-corrected chi connectivity index (χ2v) is 5.59. The molecule has 1 heterocycles. The predicted octanol–water partition coefficient (Wildman–Crippen LogP) is 1.59. The third-order valence-electron chi connectivity index (χ3n) is 4.09. The summed E-state index contributed by atoms with van der Waals surface area (Å²) < 4.78 is 5.19. The minimum Gasteiger partial charge on any atom is -0.497 e. The molecular weight excluding hydrogens is 250 g/mol. The van der Waals surface area contributed by atoms with Crippen LogP contribution in [0.15, 0.2) is 24.3 Å². The molecule has 1 unspecified atom stereocenters. The Morgan fingerprint density at radius 2 is 1.80 bits per heavy atom. The van der Waals surface area contributed by atoms with E-state index in [1.54, 1.807) is 7.11 Å². The Bertz CT molecular complexity index is 385. The van der Waals surface area contributed by atoms with Crippen molar-refractivity contribution in [2.75, 3.05) is 53.4 Å². The summed E-state index contributed by atoms with van der Waals surface area (Å²) in [5.41, 5.74) is 1.31. The molecule has 4 heteroatoms. The fraction of sp³-hybridized carbons (Fsp3) is 0.625. The van der Waals surface area contributed by atoms with E-state index in [1.807, 2.05) is 12.1 Å². The van der Waals surface area contributed by atoms with Gasteiger partial charge in [-0.3, -0.25) is 4.90 Å². The van der Waals surface area contributed by atoms with E-state index in [0.717, 1.165) is 18.8 Å². The van der Waals surface area contributed by atoms with Crippen LogP contribution in [0.25, 0.3) is 0 Å². The summed E-state index contributed by atoms with van der Waals surface area (Å²) >= 11 is 0. The van der Waals surface area contributed by atoms with Gasteiger partial charge in [-0.05, 0) is 31.7 Å². The quantitative estimate of drug-likeness (QED) is 0.855. The van der Waals surface area contributed by atoms with Gasteiger partial charge in [-0.2, -0.15) is 0 Å². The molecule has 1 aliphatic rings. The van der Waals surface area contributed by atoms with Crippen molar-refractivity contribution in [2.45, 2.75) is 13.0 Å². The van der Waals surface area contributed by atoms with Crippen molar-refractivity contribution in [1.29, 1.82) is 0 Å². The van der Waals surface area contributed by atoms with Crippen molar-refractivity contribution >= 4 is 0 Å². The number of nitrogens with zero attached hydrogens (tertiary/aromatic N) is 2. The zero-order valence-electron chi connectivity index (χ0n) is 12.9. The van der Waals surface area contributed by atoms with E-state index in [-0.39, 0.29) is 0 Å². The van der Waals surface area contributed by atoms with Crippen LogP contribution in [-0.4, -0.2) is 63.2 Å². The van der Waals surface area contributed by atoms with E-state index in [0.29, 0.717) is 6.04 Å². The predicted molar refractivity (Wildman–Crippen MR) is 83.3 cm³/mol. The molecule has 0 aromatic heterocycles. The number of ether oxygens (including phenoxy) is 1. The number of likely N-dealkylation sites (N-methyl/N-ethyl adjacent to an activating group) is 1. The first-order valence-corrected chi connectivity index (χ1v) is 7.47. The fourth-order valence-corrected chi connectivity index (χ4v) is 2.52. The second-order valence-electron chi connectivity index (χ2n) is 5.59. The minimum atomic E-state index is 0.383. The number of hydrogen-bond acceptors (Lipinski definition) is 4. The highest BCUT2D eigenvalue weighted by atomic mass is 16.5. The lowest BCUT2D eigenvalue weighted by molar-refractivity contribution is 0.154. The van der Waals surface area contributed by atoms with E-state index in [9.17, 15) is 0 Å². The van der Waals surface area contributed by atoms with Crippen LogP contribution in [0.1, 0.15) is 18.5 Å². The lowest BCUT2D eigenvalue weighted by Gasteiger charge is -2.32. The first-order valence-electron chi connectivity index (χ1n) is 7.47. The van der Waals surface area contributed by atoms with Crippen LogP contribution in [0.3, 0.4) is 0 Å². The number of hydrogen-bond donors (Lipinski definition) is 1. The Balaban J connectivity index is 1.70. The van der Waals surface area contributed by atoms with Crippen LogP contribution in [-0.2, 0) is 0 Å². The lowest BCUT2D eigenvalue weighted by atomic mass is 10.1. The number of piperazine rings is 1. The van der Waals surface area contributed by atoms with Gasteiger partial charge in [0.15, 0.2) is 0 Å². The number of rotatable bonds is 6. The van der Waals surface area contributed by atoms with Crippen LogP contribution < -0.4 is 10.1 Å². The van der Waals surface area contributed by atoms with Crippen LogP contribution in [0.2, 0.25) is 0 Å². The van der Waals surface area contributed by atoms with Crippen molar-refractivity contribution in [3.63, 3.8) is 0 Å². The summed E-state index contributed by atoms with van der Waals surface area (Å²) in [4.78, 5) is 4.93. The topological polar surface area (TPSA) is 27.7 Å². The average molecular weight is 277 g/mol. The monoisotopic (exact) mass is 277 g/mol. The van der Waals surface area contributed by atoms with E-state index >= 15 is 0 Å². The molecule has 0 spiro atoms. The smallest absolute Gasteiger partial charge is 0.118 e. The molecule has 1 aromatic rings. The van der Waals surface area contributed by atoms with Gasteiger partial charge in [0.2, 0.25) is 0 Å². The lowest BCUT2D eigenvalue weighted by Crippen LogP contribution is -2.46. The molecule has 1 aliphatic heterocycles. The molecule has 0 saturated carbocycles. The van der Waals surface area contributed by atoms with E-state index in [2.05, 4.69) is 41.2 Å². The van der Waals surface area contributed by atoms with Gasteiger partial charge in [0.1, 0.15) is 5.75 Å². The Morgan fingerprint density at radius 3 is 2.40 bits per heavy atom. The van der Waals surface area contributed by atoms with Gasteiger partial charge < -0.3 is 15.0 Å². The zero-order valence-corrected chi connectivity index (χ0v) is 12.9. The van der Waals surface area contributed by atoms with E-state index < -0.39 is 0 Å². The molecule has 1 aromatic carbocycles. The Hall–Kier alpha value is -1.10. The molecule has 1 N–H and O–H groups in total. The van der Waals surface area contributed by atoms with Crippen LogP contribution in [0.5, 0.6) is 5.75 Å². The second kappa shape index (κ2) is 7.62. The highest BCUT2D eigenvalue weighted by Crippen LogP contribution is 2.16. The van der Waals surface area contributed by atoms with Gasteiger partial charge >= 0.3 is 0 Å². The van der Waals surface area contributed by atoms with Gasteiger partial charge in [0, 0.05) is 45.3 Å².